The third-order valence-corrected chi connectivity index (χ3v) is 7.27. The number of carbonyl (C=O) groups is 1. The van der Waals surface area contributed by atoms with Crippen molar-refractivity contribution in [1.29, 1.82) is 0 Å². The summed E-state index contributed by atoms with van der Waals surface area (Å²) in [5.41, 5.74) is 3.98. The number of rotatable bonds is 8. The highest BCUT2D eigenvalue weighted by Gasteiger charge is 2.34. The molecular formula is C31H35F3N6O2. The topological polar surface area (TPSA) is 95.2 Å². The van der Waals surface area contributed by atoms with Gasteiger partial charge in [0, 0.05) is 29.9 Å². The number of pyridine rings is 1. The smallest absolute Gasteiger partial charge is 0.401 e. The van der Waals surface area contributed by atoms with E-state index in [0.29, 0.717) is 36.7 Å². The van der Waals surface area contributed by atoms with Crippen LogP contribution in [0, 0.1) is 5.92 Å². The van der Waals surface area contributed by atoms with Crippen molar-refractivity contribution in [1.82, 2.24) is 19.9 Å². The zero-order valence-electron chi connectivity index (χ0n) is 23.9. The molecule has 11 heteroatoms. The second-order valence-corrected chi connectivity index (χ2v) is 11.7. The van der Waals surface area contributed by atoms with E-state index in [1.54, 1.807) is 12.1 Å². The molecule has 3 heterocycles. The maximum absolute atomic E-state index is 12.7. The molecule has 1 aliphatic rings. The minimum Gasteiger partial charge on any atom is -0.457 e. The van der Waals surface area contributed by atoms with Crippen LogP contribution in [-0.2, 0) is 16.8 Å². The highest BCUT2D eigenvalue weighted by Crippen LogP contribution is 2.28. The van der Waals surface area contributed by atoms with Gasteiger partial charge >= 0.3 is 6.18 Å². The first-order valence-corrected chi connectivity index (χ1v) is 14.0. The molecule has 1 amide bonds. The van der Waals surface area contributed by atoms with E-state index in [4.69, 9.17) is 4.74 Å². The third-order valence-electron chi connectivity index (χ3n) is 7.27. The molecule has 3 N–H and O–H groups in total. The summed E-state index contributed by atoms with van der Waals surface area (Å²) in [4.78, 5) is 26.3. The molecule has 1 aliphatic heterocycles. The number of aromatic nitrogens is 3. The lowest BCUT2D eigenvalue weighted by atomic mass is 9.87. The number of carbonyl (C=O) groups excluding carboxylic acids is 1. The first-order chi connectivity index (χ1) is 19.9. The van der Waals surface area contributed by atoms with Crippen molar-refractivity contribution in [2.24, 2.45) is 5.92 Å². The normalized spacial score (nSPS) is 15.1. The first kappa shape index (κ1) is 29.4. The van der Waals surface area contributed by atoms with E-state index in [1.807, 2.05) is 30.3 Å². The number of anilines is 2. The molecule has 1 saturated heterocycles. The van der Waals surface area contributed by atoms with E-state index in [9.17, 15) is 18.0 Å². The van der Waals surface area contributed by atoms with Gasteiger partial charge in [0.1, 0.15) is 23.1 Å². The molecule has 2 aromatic carbocycles. The summed E-state index contributed by atoms with van der Waals surface area (Å²) in [5.74, 6) is 1.57. The molecule has 0 unspecified atom stereocenters. The molecule has 1 fully saturated rings. The summed E-state index contributed by atoms with van der Waals surface area (Å²) in [6.45, 7) is 6.60. The number of hydrogen-bond acceptors (Lipinski definition) is 6. The van der Waals surface area contributed by atoms with Gasteiger partial charge in [-0.1, -0.05) is 32.9 Å². The molecule has 5 rings (SSSR count). The van der Waals surface area contributed by atoms with Crippen molar-refractivity contribution >= 4 is 28.4 Å². The fourth-order valence-electron chi connectivity index (χ4n) is 4.98. The molecule has 8 nitrogen and oxygen atoms in total. The maximum Gasteiger partial charge on any atom is 0.401 e. The van der Waals surface area contributed by atoms with Gasteiger partial charge in [0.2, 0.25) is 5.91 Å². The summed E-state index contributed by atoms with van der Waals surface area (Å²) in [6.07, 6.45) is -1.98. The van der Waals surface area contributed by atoms with Gasteiger partial charge in [0.15, 0.2) is 0 Å². The minimum atomic E-state index is -4.24. The van der Waals surface area contributed by atoms with Crippen LogP contribution in [0.25, 0.3) is 11.0 Å². The number of amides is 1. The molecule has 2 aromatic heterocycles. The second kappa shape index (κ2) is 12.0. The van der Waals surface area contributed by atoms with E-state index >= 15 is 0 Å². The Labute approximate surface area is 242 Å². The zero-order valence-corrected chi connectivity index (χ0v) is 23.9. The van der Waals surface area contributed by atoms with Crippen LogP contribution in [0.1, 0.15) is 45.0 Å². The van der Waals surface area contributed by atoms with Gasteiger partial charge in [-0.3, -0.25) is 9.69 Å². The van der Waals surface area contributed by atoms with Gasteiger partial charge in [0.25, 0.3) is 0 Å². The fourth-order valence-corrected chi connectivity index (χ4v) is 4.98. The Hall–Kier alpha value is -4.12. The summed E-state index contributed by atoms with van der Waals surface area (Å²) in [7, 11) is 0. The number of imidazole rings is 1. The number of H-pyrrole nitrogens is 1. The molecule has 0 atom stereocenters. The fraction of sp³-hybridized carbons (Fsp3) is 0.387. The lowest BCUT2D eigenvalue weighted by Crippen LogP contribution is -2.42. The van der Waals surface area contributed by atoms with Gasteiger partial charge in [-0.05, 0) is 67.2 Å². The van der Waals surface area contributed by atoms with Crippen molar-refractivity contribution in [3.05, 3.63) is 72.2 Å². The van der Waals surface area contributed by atoms with Crippen LogP contribution in [0.2, 0.25) is 0 Å². The third kappa shape index (κ3) is 7.79. The Morgan fingerprint density at radius 2 is 1.81 bits per heavy atom. The Morgan fingerprint density at radius 3 is 2.55 bits per heavy atom. The summed E-state index contributed by atoms with van der Waals surface area (Å²) in [6, 6.07) is 17.2. The molecule has 0 radical (unpaired) electrons. The Kier molecular flexibility index (Phi) is 8.40. The highest BCUT2D eigenvalue weighted by atomic mass is 19.4. The summed E-state index contributed by atoms with van der Waals surface area (Å²) >= 11 is 0. The van der Waals surface area contributed by atoms with E-state index in [0.717, 1.165) is 22.5 Å². The Balaban J connectivity index is 1.17. The van der Waals surface area contributed by atoms with Crippen LogP contribution in [0.5, 0.6) is 11.5 Å². The van der Waals surface area contributed by atoms with E-state index in [-0.39, 0.29) is 30.3 Å². The quantitative estimate of drug-likeness (QED) is 0.211. The number of benzene rings is 2. The number of ether oxygens (including phenoxy) is 1. The van der Waals surface area contributed by atoms with Crippen LogP contribution in [0.15, 0.2) is 60.8 Å². The second-order valence-electron chi connectivity index (χ2n) is 11.7. The van der Waals surface area contributed by atoms with Gasteiger partial charge < -0.3 is 20.4 Å². The largest absolute Gasteiger partial charge is 0.457 e. The van der Waals surface area contributed by atoms with Crippen LogP contribution < -0.4 is 15.4 Å². The number of aromatic amines is 1. The highest BCUT2D eigenvalue weighted by molar-refractivity contribution is 5.91. The van der Waals surface area contributed by atoms with Crippen molar-refractivity contribution in [3.8, 4) is 11.5 Å². The number of fused-ring (bicyclic) bond motifs is 1. The SMILES string of the molecule is CC(C)(C)c1cccc(NCc2nc3ccc(Oc4ccnc(NC(=O)C5CCN(CC(F)(F)F)CC5)c4)cc3[nH]2)c1. The molecule has 4 aromatic rings. The summed E-state index contributed by atoms with van der Waals surface area (Å²) < 4.78 is 43.9. The number of nitrogens with zero attached hydrogens (tertiary/aromatic N) is 3. The average Bonchev–Trinajstić information content (AvgIpc) is 3.34. The molecule has 222 valence electrons. The number of piperidine rings is 1. The number of nitrogens with one attached hydrogen (secondary N) is 3. The van der Waals surface area contributed by atoms with Crippen LogP contribution >= 0.6 is 0 Å². The molecule has 0 spiro atoms. The van der Waals surface area contributed by atoms with Crippen LogP contribution in [0.4, 0.5) is 24.7 Å². The van der Waals surface area contributed by atoms with Crippen molar-refractivity contribution in [2.75, 3.05) is 30.3 Å². The lowest BCUT2D eigenvalue weighted by Gasteiger charge is -2.31. The zero-order chi connectivity index (χ0) is 29.9. The molecule has 42 heavy (non-hydrogen) atoms. The summed E-state index contributed by atoms with van der Waals surface area (Å²) in [5, 5.41) is 6.21. The predicted octanol–water partition coefficient (Wildman–Crippen LogP) is 6.87. The van der Waals surface area contributed by atoms with Gasteiger partial charge in [-0.2, -0.15) is 13.2 Å². The monoisotopic (exact) mass is 580 g/mol. The number of halogens is 3. The maximum atomic E-state index is 12.7. The Bertz CT molecular complexity index is 1540. The van der Waals surface area contributed by atoms with Crippen LogP contribution in [0.3, 0.4) is 0 Å². The number of likely N-dealkylation sites (tertiary alicyclic amines) is 1. The van der Waals surface area contributed by atoms with Gasteiger partial charge in [-0.25, -0.2) is 9.97 Å². The average molecular weight is 581 g/mol. The minimum absolute atomic E-state index is 0.0644. The lowest BCUT2D eigenvalue weighted by molar-refractivity contribution is -0.149. The Morgan fingerprint density at radius 1 is 1.05 bits per heavy atom. The number of alkyl halides is 3. The standard InChI is InChI=1S/C31H35F3N6O2/c1-30(2,3)21-5-4-6-22(15-21)36-18-28-37-25-8-7-23(16-26(25)38-28)42-24-9-12-35-27(17-24)39-29(41)20-10-13-40(14-11-20)19-31(32,33)34/h4-9,12,15-17,20,36H,10-11,13-14,18-19H2,1-3H3,(H,37,38)(H,35,39,41). The van der Waals surface area contributed by atoms with Gasteiger partial charge in [0.05, 0.1) is 24.1 Å². The first-order valence-electron chi connectivity index (χ1n) is 14.0. The van der Waals surface area contributed by atoms with Crippen molar-refractivity contribution < 1.29 is 22.7 Å². The van der Waals surface area contributed by atoms with E-state index in [2.05, 4.69) is 58.5 Å². The van der Waals surface area contributed by atoms with Crippen molar-refractivity contribution in [3.63, 3.8) is 0 Å². The predicted molar refractivity (Wildman–Crippen MR) is 157 cm³/mol. The molecule has 0 aliphatic carbocycles. The van der Waals surface area contributed by atoms with Crippen molar-refractivity contribution in [2.45, 2.75) is 51.7 Å². The number of hydrogen-bond donors (Lipinski definition) is 3. The molecular weight excluding hydrogens is 545 g/mol. The molecule has 0 bridgehead atoms. The van der Waals surface area contributed by atoms with Crippen LogP contribution in [-0.4, -0.2) is 51.6 Å². The van der Waals surface area contributed by atoms with E-state index < -0.39 is 12.7 Å². The molecule has 0 saturated carbocycles. The van der Waals surface area contributed by atoms with E-state index in [1.165, 1.54) is 16.7 Å². The van der Waals surface area contributed by atoms with Gasteiger partial charge in [-0.15, -0.1) is 0 Å².